The molecule has 0 bridgehead atoms. The number of halogens is 2. The molecule has 0 heterocycles. The van der Waals surface area contributed by atoms with Gasteiger partial charge in [-0.2, -0.15) is 0 Å². The molecule has 0 saturated heterocycles. The van der Waals surface area contributed by atoms with Crippen molar-refractivity contribution >= 4 is 23.2 Å². The molecule has 0 aliphatic heterocycles. The van der Waals surface area contributed by atoms with Crippen LogP contribution in [0.5, 0.6) is 0 Å². The van der Waals surface area contributed by atoms with Crippen LogP contribution < -0.4 is 5.32 Å². The normalized spacial score (nSPS) is 12.4. The molecule has 0 fully saturated rings. The van der Waals surface area contributed by atoms with Gasteiger partial charge in [-0.3, -0.25) is 0 Å². The van der Waals surface area contributed by atoms with Gasteiger partial charge in [0.05, 0.1) is 0 Å². The Balaban J connectivity index is 2.30. The first-order valence-corrected chi connectivity index (χ1v) is 8.16. The van der Waals surface area contributed by atoms with E-state index in [2.05, 4.69) is 43.4 Å². The molecular weight excluding hydrogens is 301 g/mol. The van der Waals surface area contributed by atoms with E-state index in [0.717, 1.165) is 35.0 Å². The number of aryl methyl sites for hydroxylation is 1. The Labute approximate surface area is 137 Å². The minimum absolute atomic E-state index is 0.221. The number of hydrogen-bond acceptors (Lipinski definition) is 1. The highest BCUT2D eigenvalue weighted by Crippen LogP contribution is 2.29. The summed E-state index contributed by atoms with van der Waals surface area (Å²) < 4.78 is 0. The van der Waals surface area contributed by atoms with Crippen molar-refractivity contribution in [2.75, 3.05) is 6.54 Å². The van der Waals surface area contributed by atoms with Crippen molar-refractivity contribution in [3.8, 4) is 0 Å². The van der Waals surface area contributed by atoms with Crippen LogP contribution in [0.15, 0.2) is 42.5 Å². The van der Waals surface area contributed by atoms with Gasteiger partial charge < -0.3 is 5.32 Å². The van der Waals surface area contributed by atoms with Gasteiger partial charge in [0, 0.05) is 16.1 Å². The van der Waals surface area contributed by atoms with Crippen molar-refractivity contribution in [1.29, 1.82) is 0 Å². The molecule has 0 radical (unpaired) electrons. The van der Waals surface area contributed by atoms with Crippen LogP contribution in [0.1, 0.15) is 36.6 Å². The predicted octanol–water partition coefficient (Wildman–Crippen LogP) is 5.45. The molecule has 0 spiro atoms. The lowest BCUT2D eigenvalue weighted by atomic mass is 9.96. The van der Waals surface area contributed by atoms with E-state index in [1.165, 1.54) is 11.1 Å². The maximum Gasteiger partial charge on any atom is 0.0453 e. The summed E-state index contributed by atoms with van der Waals surface area (Å²) >= 11 is 12.6. The smallest absolute Gasteiger partial charge is 0.0453 e. The van der Waals surface area contributed by atoms with Crippen LogP contribution in [0.2, 0.25) is 10.0 Å². The zero-order chi connectivity index (χ0) is 15.2. The van der Waals surface area contributed by atoms with Crippen molar-refractivity contribution in [3.63, 3.8) is 0 Å². The summed E-state index contributed by atoms with van der Waals surface area (Å²) in [4.78, 5) is 0. The topological polar surface area (TPSA) is 12.0 Å². The quantitative estimate of drug-likeness (QED) is 0.746. The summed E-state index contributed by atoms with van der Waals surface area (Å²) in [5.74, 6) is 0. The van der Waals surface area contributed by atoms with Crippen LogP contribution in [-0.2, 0) is 12.8 Å². The van der Waals surface area contributed by atoms with E-state index in [4.69, 9.17) is 23.2 Å². The van der Waals surface area contributed by atoms with Gasteiger partial charge in [-0.05, 0) is 48.2 Å². The summed E-state index contributed by atoms with van der Waals surface area (Å²) in [6.07, 6.45) is 1.83. The van der Waals surface area contributed by atoms with E-state index in [0.29, 0.717) is 0 Å². The van der Waals surface area contributed by atoms with Crippen LogP contribution >= 0.6 is 23.2 Å². The van der Waals surface area contributed by atoms with Crippen LogP contribution in [0.25, 0.3) is 0 Å². The maximum atomic E-state index is 6.31. The number of rotatable bonds is 6. The zero-order valence-electron chi connectivity index (χ0n) is 12.5. The lowest BCUT2D eigenvalue weighted by molar-refractivity contribution is 0.549. The minimum atomic E-state index is 0.221. The molecule has 2 rings (SSSR count). The summed E-state index contributed by atoms with van der Waals surface area (Å²) in [5.41, 5.74) is 3.64. The van der Waals surface area contributed by atoms with E-state index in [1.807, 2.05) is 18.2 Å². The predicted molar refractivity (Wildman–Crippen MR) is 92.4 cm³/mol. The van der Waals surface area contributed by atoms with Gasteiger partial charge in [0.15, 0.2) is 0 Å². The van der Waals surface area contributed by atoms with Crippen LogP contribution in [0.3, 0.4) is 0 Å². The third-order valence-electron chi connectivity index (χ3n) is 3.68. The molecule has 1 N–H and O–H groups in total. The van der Waals surface area contributed by atoms with Crippen LogP contribution in [0.4, 0.5) is 0 Å². The summed E-state index contributed by atoms with van der Waals surface area (Å²) in [6.45, 7) is 5.19. The van der Waals surface area contributed by atoms with Crippen LogP contribution in [0, 0.1) is 0 Å². The molecule has 0 amide bonds. The zero-order valence-corrected chi connectivity index (χ0v) is 14.0. The second-order valence-electron chi connectivity index (χ2n) is 5.11. The third-order valence-corrected chi connectivity index (χ3v) is 4.39. The SMILES string of the molecule is CCNC(Cc1c(Cl)cccc1Cl)c1cccc(CC)c1. The number of nitrogens with one attached hydrogen (secondary N) is 1. The van der Waals surface area contributed by atoms with Gasteiger partial charge in [-0.15, -0.1) is 0 Å². The number of benzene rings is 2. The first-order valence-electron chi connectivity index (χ1n) is 7.40. The van der Waals surface area contributed by atoms with Crippen molar-refractivity contribution in [2.24, 2.45) is 0 Å². The molecule has 0 aliphatic carbocycles. The van der Waals surface area contributed by atoms with Crippen molar-refractivity contribution < 1.29 is 0 Å². The van der Waals surface area contributed by atoms with E-state index in [1.54, 1.807) is 0 Å². The third kappa shape index (κ3) is 4.23. The van der Waals surface area contributed by atoms with Crippen LogP contribution in [-0.4, -0.2) is 6.54 Å². The van der Waals surface area contributed by atoms with Crippen molar-refractivity contribution in [1.82, 2.24) is 5.32 Å². The fourth-order valence-corrected chi connectivity index (χ4v) is 3.07. The van der Waals surface area contributed by atoms with Crippen molar-refractivity contribution in [3.05, 3.63) is 69.2 Å². The highest BCUT2D eigenvalue weighted by atomic mass is 35.5. The van der Waals surface area contributed by atoms with E-state index < -0.39 is 0 Å². The first kappa shape index (κ1) is 16.4. The maximum absolute atomic E-state index is 6.31. The molecule has 1 atom stereocenters. The Morgan fingerprint density at radius 3 is 2.29 bits per heavy atom. The van der Waals surface area contributed by atoms with Gasteiger partial charge in [-0.1, -0.05) is 67.4 Å². The van der Waals surface area contributed by atoms with E-state index in [9.17, 15) is 0 Å². The summed E-state index contributed by atoms with van der Waals surface area (Å²) in [6, 6.07) is 14.6. The molecule has 1 nitrogen and oxygen atoms in total. The molecule has 21 heavy (non-hydrogen) atoms. The van der Waals surface area contributed by atoms with Gasteiger partial charge in [0.1, 0.15) is 0 Å². The second-order valence-corrected chi connectivity index (χ2v) is 5.93. The standard InChI is InChI=1S/C18H21Cl2N/c1-3-13-7-5-8-14(11-13)18(21-4-2)12-15-16(19)9-6-10-17(15)20/h5-11,18,21H,3-4,12H2,1-2H3. The Morgan fingerprint density at radius 2 is 1.67 bits per heavy atom. The highest BCUT2D eigenvalue weighted by Gasteiger charge is 2.15. The largest absolute Gasteiger partial charge is 0.310 e. The second kappa shape index (κ2) is 7.84. The van der Waals surface area contributed by atoms with Gasteiger partial charge >= 0.3 is 0 Å². The fourth-order valence-electron chi connectivity index (χ4n) is 2.52. The Morgan fingerprint density at radius 1 is 1.00 bits per heavy atom. The number of hydrogen-bond donors (Lipinski definition) is 1. The van der Waals surface area contributed by atoms with Gasteiger partial charge in [0.25, 0.3) is 0 Å². The molecule has 0 aliphatic rings. The van der Waals surface area contributed by atoms with Gasteiger partial charge in [0.2, 0.25) is 0 Å². The lowest BCUT2D eigenvalue weighted by Gasteiger charge is -2.20. The molecule has 0 saturated carbocycles. The van der Waals surface area contributed by atoms with Crippen molar-refractivity contribution in [2.45, 2.75) is 32.7 Å². The Bertz CT molecular complexity index is 575. The van der Waals surface area contributed by atoms with Gasteiger partial charge in [-0.25, -0.2) is 0 Å². The average molecular weight is 322 g/mol. The van der Waals surface area contributed by atoms with E-state index >= 15 is 0 Å². The minimum Gasteiger partial charge on any atom is -0.310 e. The van der Waals surface area contributed by atoms with E-state index in [-0.39, 0.29) is 6.04 Å². The first-order chi connectivity index (χ1) is 10.2. The fraction of sp³-hybridized carbons (Fsp3) is 0.333. The Kier molecular flexibility index (Phi) is 6.10. The average Bonchev–Trinajstić information content (AvgIpc) is 2.50. The lowest BCUT2D eigenvalue weighted by Crippen LogP contribution is -2.23. The molecule has 0 aromatic heterocycles. The molecular formula is C18H21Cl2N. The summed E-state index contributed by atoms with van der Waals surface area (Å²) in [5, 5.41) is 5.00. The molecule has 2 aromatic carbocycles. The highest BCUT2D eigenvalue weighted by molar-refractivity contribution is 6.36. The molecule has 2 aromatic rings. The Hall–Kier alpha value is -1.02. The summed E-state index contributed by atoms with van der Waals surface area (Å²) in [7, 11) is 0. The molecule has 112 valence electrons. The monoisotopic (exact) mass is 321 g/mol. The molecule has 1 unspecified atom stereocenters. The molecule has 3 heteroatoms. The number of likely N-dealkylation sites (N-methyl/N-ethyl adjacent to an activating group) is 1.